The van der Waals surface area contributed by atoms with Crippen molar-refractivity contribution in [2.45, 2.75) is 32.3 Å². The summed E-state index contributed by atoms with van der Waals surface area (Å²) in [6.07, 6.45) is -0.0621. The zero-order valence-corrected chi connectivity index (χ0v) is 12.7. The van der Waals surface area contributed by atoms with Gasteiger partial charge in [-0.2, -0.15) is 0 Å². The van der Waals surface area contributed by atoms with Gasteiger partial charge in [0.2, 0.25) is 0 Å². The predicted octanol–water partition coefficient (Wildman–Crippen LogP) is 1.94. The summed E-state index contributed by atoms with van der Waals surface area (Å²) in [5.41, 5.74) is -0.498. The van der Waals surface area contributed by atoms with Crippen LogP contribution in [0.2, 0.25) is 0 Å². The molecule has 22 heavy (non-hydrogen) atoms. The molecule has 1 aromatic carbocycles. The average molecular weight is 305 g/mol. The molecule has 118 valence electrons. The highest BCUT2D eigenvalue weighted by Gasteiger charge is 2.39. The van der Waals surface area contributed by atoms with E-state index < -0.39 is 17.5 Å². The summed E-state index contributed by atoms with van der Waals surface area (Å²) in [6.45, 7) is 3.52. The number of rotatable bonds is 3. The molecular weight excluding hydrogens is 286 g/mol. The van der Waals surface area contributed by atoms with Gasteiger partial charge in [0.15, 0.2) is 11.4 Å². The van der Waals surface area contributed by atoms with E-state index in [0.29, 0.717) is 11.3 Å². The minimum absolute atomic E-state index is 0.0660. The summed E-state index contributed by atoms with van der Waals surface area (Å²) in [5.74, 6) is -1.10. The number of fused-ring (bicyclic) bond motifs is 1. The molecule has 0 aliphatic carbocycles. The molecule has 6 heteroatoms. The minimum Gasteiger partial charge on any atom is -0.466 e. The van der Waals surface area contributed by atoms with Gasteiger partial charge in [-0.15, -0.1) is 0 Å². The summed E-state index contributed by atoms with van der Waals surface area (Å²) in [4.78, 5) is 36.3. The number of Topliss-reactive ketones (excluding diaryl/α,β-unsaturated/α-hetero) is 1. The first-order valence-electron chi connectivity index (χ1n) is 7.19. The van der Waals surface area contributed by atoms with E-state index in [1.807, 2.05) is 0 Å². The van der Waals surface area contributed by atoms with E-state index in [4.69, 9.17) is 9.47 Å². The van der Waals surface area contributed by atoms with E-state index in [0.717, 1.165) is 0 Å². The first-order valence-corrected chi connectivity index (χ1v) is 7.19. The van der Waals surface area contributed by atoms with Crippen LogP contribution >= 0.6 is 0 Å². The standard InChI is InChI=1S/C16H19NO5/c1-3-21-14(19)10-16(2)15(20)17-12-7-5-4-6-11(12)13(18)8-9-22-16/h4-7H,3,8-10H2,1-2H3,(H,17,20). The topological polar surface area (TPSA) is 81.7 Å². The maximum absolute atomic E-state index is 12.5. The number of esters is 1. The first-order chi connectivity index (χ1) is 10.5. The summed E-state index contributed by atoms with van der Waals surface area (Å²) in [7, 11) is 0. The smallest absolute Gasteiger partial charge is 0.309 e. The zero-order valence-electron chi connectivity index (χ0n) is 12.7. The number of carbonyl (C=O) groups excluding carboxylic acids is 3. The van der Waals surface area contributed by atoms with E-state index in [-0.39, 0.29) is 31.8 Å². The summed E-state index contributed by atoms with van der Waals surface area (Å²) >= 11 is 0. The van der Waals surface area contributed by atoms with Crippen LogP contribution < -0.4 is 5.32 Å². The Morgan fingerprint density at radius 2 is 2.09 bits per heavy atom. The molecule has 2 rings (SSSR count). The number of ether oxygens (including phenoxy) is 2. The zero-order chi connectivity index (χ0) is 16.2. The quantitative estimate of drug-likeness (QED) is 0.863. The van der Waals surface area contributed by atoms with Crippen LogP contribution in [-0.4, -0.2) is 36.5 Å². The number of benzene rings is 1. The molecule has 1 heterocycles. The molecule has 6 nitrogen and oxygen atoms in total. The lowest BCUT2D eigenvalue weighted by Gasteiger charge is -2.27. The molecule has 1 aliphatic rings. The molecule has 0 saturated heterocycles. The highest BCUT2D eigenvalue weighted by atomic mass is 16.5. The van der Waals surface area contributed by atoms with Crippen molar-refractivity contribution in [3.63, 3.8) is 0 Å². The summed E-state index contributed by atoms with van der Waals surface area (Å²) < 4.78 is 10.4. The van der Waals surface area contributed by atoms with Crippen molar-refractivity contribution < 1.29 is 23.9 Å². The number of hydrogen-bond donors (Lipinski definition) is 1. The predicted molar refractivity (Wildman–Crippen MR) is 79.6 cm³/mol. The Labute approximate surface area is 128 Å². The molecule has 0 fully saturated rings. The van der Waals surface area contributed by atoms with E-state index in [1.54, 1.807) is 31.2 Å². The number of ketones is 1. The number of anilines is 1. The van der Waals surface area contributed by atoms with Crippen molar-refractivity contribution in [1.82, 2.24) is 0 Å². The van der Waals surface area contributed by atoms with Crippen molar-refractivity contribution in [3.05, 3.63) is 29.8 Å². The van der Waals surface area contributed by atoms with Crippen LogP contribution in [0.4, 0.5) is 5.69 Å². The summed E-state index contributed by atoms with van der Waals surface area (Å²) in [5, 5.41) is 2.68. The fourth-order valence-corrected chi connectivity index (χ4v) is 2.28. The third-order valence-corrected chi connectivity index (χ3v) is 3.49. The van der Waals surface area contributed by atoms with Crippen LogP contribution in [-0.2, 0) is 19.1 Å². The van der Waals surface area contributed by atoms with Gasteiger partial charge >= 0.3 is 5.97 Å². The van der Waals surface area contributed by atoms with Gasteiger partial charge in [-0.3, -0.25) is 14.4 Å². The van der Waals surface area contributed by atoms with E-state index in [1.165, 1.54) is 6.92 Å². The number of nitrogens with one attached hydrogen (secondary N) is 1. The van der Waals surface area contributed by atoms with E-state index in [2.05, 4.69) is 5.32 Å². The first kappa shape index (κ1) is 16.2. The monoisotopic (exact) mass is 305 g/mol. The molecule has 1 atom stereocenters. The molecule has 0 saturated carbocycles. The van der Waals surface area contributed by atoms with Crippen LogP contribution in [0.15, 0.2) is 24.3 Å². The third-order valence-electron chi connectivity index (χ3n) is 3.49. The SMILES string of the molecule is CCOC(=O)CC1(C)OCCC(=O)c2ccccc2NC1=O. The van der Waals surface area contributed by atoms with Crippen molar-refractivity contribution in [2.75, 3.05) is 18.5 Å². The average Bonchev–Trinajstić information content (AvgIpc) is 2.50. The Hall–Kier alpha value is -2.21. The van der Waals surface area contributed by atoms with Gasteiger partial charge in [0.25, 0.3) is 5.91 Å². The second-order valence-corrected chi connectivity index (χ2v) is 5.23. The molecule has 1 amide bonds. The molecule has 1 aliphatic heterocycles. The molecular formula is C16H19NO5. The van der Waals surface area contributed by atoms with Crippen molar-refractivity contribution in [2.24, 2.45) is 0 Å². The fourth-order valence-electron chi connectivity index (χ4n) is 2.28. The van der Waals surface area contributed by atoms with Gasteiger partial charge in [0, 0.05) is 12.0 Å². The number of para-hydroxylation sites is 1. The van der Waals surface area contributed by atoms with Crippen molar-refractivity contribution >= 4 is 23.3 Å². The van der Waals surface area contributed by atoms with Crippen LogP contribution in [0.1, 0.15) is 37.0 Å². The molecule has 0 aromatic heterocycles. The molecule has 1 N–H and O–H groups in total. The lowest BCUT2D eigenvalue weighted by Crippen LogP contribution is -2.45. The highest BCUT2D eigenvalue weighted by molar-refractivity contribution is 6.07. The van der Waals surface area contributed by atoms with E-state index >= 15 is 0 Å². The number of amides is 1. The Bertz CT molecular complexity index is 598. The minimum atomic E-state index is -1.37. The third kappa shape index (κ3) is 3.51. The normalized spacial score (nSPS) is 21.9. The maximum atomic E-state index is 12.5. The molecule has 0 bridgehead atoms. The van der Waals surface area contributed by atoms with Crippen molar-refractivity contribution in [1.29, 1.82) is 0 Å². The highest BCUT2D eigenvalue weighted by Crippen LogP contribution is 2.25. The van der Waals surface area contributed by atoms with Crippen LogP contribution in [0, 0.1) is 0 Å². The largest absolute Gasteiger partial charge is 0.466 e. The molecule has 0 spiro atoms. The van der Waals surface area contributed by atoms with Crippen LogP contribution in [0.5, 0.6) is 0 Å². The molecule has 1 unspecified atom stereocenters. The van der Waals surface area contributed by atoms with Gasteiger partial charge in [-0.05, 0) is 26.0 Å². The van der Waals surface area contributed by atoms with Gasteiger partial charge < -0.3 is 14.8 Å². The molecule has 0 radical (unpaired) electrons. The lowest BCUT2D eigenvalue weighted by atomic mass is 10.0. The number of hydrogen-bond acceptors (Lipinski definition) is 5. The Morgan fingerprint density at radius 1 is 1.36 bits per heavy atom. The van der Waals surface area contributed by atoms with Gasteiger partial charge in [-0.1, -0.05) is 12.1 Å². The lowest BCUT2D eigenvalue weighted by molar-refractivity contribution is -0.157. The summed E-state index contributed by atoms with van der Waals surface area (Å²) in [6, 6.07) is 6.78. The molecule has 1 aromatic rings. The number of carbonyl (C=O) groups is 3. The maximum Gasteiger partial charge on any atom is 0.309 e. The van der Waals surface area contributed by atoms with E-state index in [9.17, 15) is 14.4 Å². The fraction of sp³-hybridized carbons (Fsp3) is 0.438. The van der Waals surface area contributed by atoms with Crippen LogP contribution in [0.25, 0.3) is 0 Å². The Balaban J connectivity index is 2.28. The van der Waals surface area contributed by atoms with Gasteiger partial charge in [0.1, 0.15) is 0 Å². The van der Waals surface area contributed by atoms with Crippen LogP contribution in [0.3, 0.4) is 0 Å². The Morgan fingerprint density at radius 3 is 2.82 bits per heavy atom. The van der Waals surface area contributed by atoms with Crippen molar-refractivity contribution in [3.8, 4) is 0 Å². The van der Waals surface area contributed by atoms with Gasteiger partial charge in [-0.25, -0.2) is 0 Å². The Kier molecular flexibility index (Phi) is 4.92. The van der Waals surface area contributed by atoms with Gasteiger partial charge in [0.05, 0.1) is 25.3 Å². The second-order valence-electron chi connectivity index (χ2n) is 5.23. The second kappa shape index (κ2) is 6.70.